The third-order valence-electron chi connectivity index (χ3n) is 5.32. The molecule has 0 saturated heterocycles. The Morgan fingerprint density at radius 1 is 0.758 bits per heavy atom. The summed E-state index contributed by atoms with van der Waals surface area (Å²) in [5.41, 5.74) is 8.21. The number of hydrogen-bond donors (Lipinski definition) is 1. The molecule has 164 valence electrons. The maximum atomic E-state index is 12.5. The Labute approximate surface area is 194 Å². The molecule has 0 bridgehead atoms. The van der Waals surface area contributed by atoms with E-state index in [0.29, 0.717) is 12.2 Å². The summed E-state index contributed by atoms with van der Waals surface area (Å²) in [6.45, 7) is 2.43. The van der Waals surface area contributed by atoms with Gasteiger partial charge >= 0.3 is 0 Å². The smallest absolute Gasteiger partial charge is 0.271 e. The third-order valence-corrected chi connectivity index (χ3v) is 5.32. The van der Waals surface area contributed by atoms with Crippen LogP contribution in [0, 0.1) is 0 Å². The molecule has 0 aliphatic carbocycles. The predicted octanol–water partition coefficient (Wildman–Crippen LogP) is 6.48. The summed E-state index contributed by atoms with van der Waals surface area (Å²) in [6, 6.07) is 35.4. The van der Waals surface area contributed by atoms with Crippen LogP contribution in [-0.4, -0.2) is 11.6 Å². The van der Waals surface area contributed by atoms with E-state index in [-0.39, 0.29) is 5.91 Å². The number of rotatable bonds is 8. The third kappa shape index (κ3) is 5.74. The average molecular weight is 435 g/mol. The van der Waals surface area contributed by atoms with Gasteiger partial charge in [-0.2, -0.15) is 5.10 Å². The first-order valence-corrected chi connectivity index (χ1v) is 11.0. The van der Waals surface area contributed by atoms with Crippen molar-refractivity contribution >= 4 is 11.6 Å². The highest BCUT2D eigenvalue weighted by atomic mass is 16.5. The molecule has 0 aliphatic heterocycles. The molecule has 4 heteroatoms. The first-order chi connectivity index (χ1) is 16.2. The SMILES string of the molecule is CC/C(=N/NC(=O)c1ccc(COc2ccccc2-c2ccccc2)cc1)c1ccccc1. The van der Waals surface area contributed by atoms with E-state index >= 15 is 0 Å². The lowest BCUT2D eigenvalue weighted by molar-refractivity contribution is 0.0954. The van der Waals surface area contributed by atoms with E-state index in [9.17, 15) is 4.79 Å². The highest BCUT2D eigenvalue weighted by Crippen LogP contribution is 2.30. The summed E-state index contributed by atoms with van der Waals surface area (Å²) < 4.78 is 6.10. The Morgan fingerprint density at radius 2 is 1.39 bits per heavy atom. The minimum Gasteiger partial charge on any atom is -0.488 e. The summed E-state index contributed by atoms with van der Waals surface area (Å²) >= 11 is 0. The van der Waals surface area contributed by atoms with Crippen molar-refractivity contribution in [3.05, 3.63) is 126 Å². The highest BCUT2D eigenvalue weighted by molar-refractivity contribution is 6.02. The number of para-hydroxylation sites is 1. The Bertz CT molecular complexity index is 1220. The quantitative estimate of drug-likeness (QED) is 0.255. The summed E-state index contributed by atoms with van der Waals surface area (Å²) in [5, 5.41) is 4.32. The van der Waals surface area contributed by atoms with Gasteiger partial charge < -0.3 is 4.74 Å². The van der Waals surface area contributed by atoms with Gasteiger partial charge in [0.1, 0.15) is 12.4 Å². The van der Waals surface area contributed by atoms with Gasteiger partial charge in [-0.3, -0.25) is 4.79 Å². The number of amides is 1. The summed E-state index contributed by atoms with van der Waals surface area (Å²) in [4.78, 5) is 12.5. The van der Waals surface area contributed by atoms with E-state index in [2.05, 4.69) is 28.7 Å². The van der Waals surface area contributed by atoms with Crippen molar-refractivity contribution in [2.24, 2.45) is 5.10 Å². The molecule has 0 radical (unpaired) electrons. The number of nitrogens with one attached hydrogen (secondary N) is 1. The Morgan fingerprint density at radius 3 is 2.09 bits per heavy atom. The largest absolute Gasteiger partial charge is 0.488 e. The van der Waals surface area contributed by atoms with Gasteiger partial charge in [0.15, 0.2) is 0 Å². The minimum atomic E-state index is -0.237. The zero-order chi connectivity index (χ0) is 22.9. The van der Waals surface area contributed by atoms with Crippen molar-refractivity contribution in [2.45, 2.75) is 20.0 Å². The van der Waals surface area contributed by atoms with E-state index < -0.39 is 0 Å². The fraction of sp³-hybridized carbons (Fsp3) is 0.103. The molecular weight excluding hydrogens is 408 g/mol. The van der Waals surface area contributed by atoms with E-state index in [1.54, 1.807) is 12.1 Å². The van der Waals surface area contributed by atoms with Gasteiger partial charge in [0.25, 0.3) is 5.91 Å². The summed E-state index contributed by atoms with van der Waals surface area (Å²) in [7, 11) is 0. The molecule has 0 aliphatic rings. The van der Waals surface area contributed by atoms with Crippen LogP contribution in [0.15, 0.2) is 114 Å². The normalized spacial score (nSPS) is 11.1. The van der Waals surface area contributed by atoms with Gasteiger partial charge in [-0.1, -0.05) is 97.9 Å². The maximum absolute atomic E-state index is 12.5. The van der Waals surface area contributed by atoms with E-state index in [4.69, 9.17) is 4.74 Å². The monoisotopic (exact) mass is 434 g/mol. The molecule has 0 saturated carbocycles. The zero-order valence-corrected chi connectivity index (χ0v) is 18.6. The average Bonchev–Trinajstić information content (AvgIpc) is 2.89. The Hall–Kier alpha value is -4.18. The van der Waals surface area contributed by atoms with E-state index in [1.165, 1.54) is 0 Å². The predicted molar refractivity (Wildman–Crippen MR) is 133 cm³/mol. The lowest BCUT2D eigenvalue weighted by Crippen LogP contribution is -2.20. The lowest BCUT2D eigenvalue weighted by atomic mass is 10.0. The number of ether oxygens (including phenoxy) is 1. The molecule has 4 rings (SSSR count). The van der Waals surface area contributed by atoms with Crippen LogP contribution in [0.2, 0.25) is 0 Å². The van der Waals surface area contributed by atoms with Crippen LogP contribution in [0.25, 0.3) is 11.1 Å². The number of nitrogens with zero attached hydrogens (tertiary/aromatic N) is 1. The van der Waals surface area contributed by atoms with Crippen LogP contribution in [-0.2, 0) is 6.61 Å². The first-order valence-electron chi connectivity index (χ1n) is 11.0. The van der Waals surface area contributed by atoms with Crippen LogP contribution >= 0.6 is 0 Å². The number of hydrazone groups is 1. The molecule has 0 atom stereocenters. The molecule has 0 spiro atoms. The van der Waals surface area contributed by atoms with Gasteiger partial charge in [-0.05, 0) is 41.3 Å². The molecule has 4 aromatic rings. The van der Waals surface area contributed by atoms with Gasteiger partial charge in [0, 0.05) is 11.1 Å². The highest BCUT2D eigenvalue weighted by Gasteiger charge is 2.08. The standard InChI is InChI=1S/C29H26N2O2/c1-2-27(24-13-7-4-8-14-24)30-31-29(32)25-19-17-22(18-20-25)21-33-28-16-10-9-15-26(28)23-11-5-3-6-12-23/h3-20H,2,21H2,1H3,(H,31,32)/b30-27-. The number of carbonyl (C=O) groups excluding carboxylic acids is 1. The molecule has 4 aromatic carbocycles. The van der Waals surface area contributed by atoms with Crippen LogP contribution in [0.3, 0.4) is 0 Å². The van der Waals surface area contributed by atoms with Crippen molar-refractivity contribution in [3.63, 3.8) is 0 Å². The number of benzene rings is 4. The second kappa shape index (κ2) is 10.9. The first kappa shape index (κ1) is 22.0. The molecule has 0 heterocycles. The van der Waals surface area contributed by atoms with Crippen molar-refractivity contribution in [3.8, 4) is 16.9 Å². The minimum absolute atomic E-state index is 0.237. The molecule has 1 amide bonds. The maximum Gasteiger partial charge on any atom is 0.271 e. The molecule has 4 nitrogen and oxygen atoms in total. The van der Waals surface area contributed by atoms with E-state index in [1.807, 2.05) is 85.8 Å². The van der Waals surface area contributed by atoms with Crippen LogP contribution in [0.1, 0.15) is 34.8 Å². The van der Waals surface area contributed by atoms with Crippen LogP contribution in [0.5, 0.6) is 5.75 Å². The van der Waals surface area contributed by atoms with Gasteiger partial charge in [-0.25, -0.2) is 5.43 Å². The number of carbonyl (C=O) groups is 1. The molecular formula is C29H26N2O2. The van der Waals surface area contributed by atoms with E-state index in [0.717, 1.165) is 40.1 Å². The molecule has 1 N–H and O–H groups in total. The van der Waals surface area contributed by atoms with Crippen molar-refractivity contribution in [1.29, 1.82) is 0 Å². The summed E-state index contributed by atoms with van der Waals surface area (Å²) in [5.74, 6) is 0.589. The molecule has 0 unspecified atom stereocenters. The fourth-order valence-electron chi connectivity index (χ4n) is 3.52. The van der Waals surface area contributed by atoms with Gasteiger partial charge in [-0.15, -0.1) is 0 Å². The molecule has 0 aromatic heterocycles. The molecule has 33 heavy (non-hydrogen) atoms. The van der Waals surface area contributed by atoms with Crippen LogP contribution < -0.4 is 10.2 Å². The van der Waals surface area contributed by atoms with Crippen molar-refractivity contribution in [1.82, 2.24) is 5.43 Å². The second-order valence-electron chi connectivity index (χ2n) is 7.57. The van der Waals surface area contributed by atoms with Crippen molar-refractivity contribution in [2.75, 3.05) is 0 Å². The zero-order valence-electron chi connectivity index (χ0n) is 18.6. The van der Waals surface area contributed by atoms with Gasteiger partial charge in [0.2, 0.25) is 0 Å². The fourth-order valence-corrected chi connectivity index (χ4v) is 3.52. The van der Waals surface area contributed by atoms with Crippen LogP contribution in [0.4, 0.5) is 0 Å². The Balaban J connectivity index is 1.39. The molecule has 0 fully saturated rings. The summed E-state index contributed by atoms with van der Waals surface area (Å²) in [6.07, 6.45) is 0.727. The van der Waals surface area contributed by atoms with Gasteiger partial charge in [0.05, 0.1) is 5.71 Å². The number of hydrogen-bond acceptors (Lipinski definition) is 3. The lowest BCUT2D eigenvalue weighted by Gasteiger charge is -2.12. The topological polar surface area (TPSA) is 50.7 Å². The Kier molecular flexibility index (Phi) is 7.29. The second-order valence-corrected chi connectivity index (χ2v) is 7.57. The van der Waals surface area contributed by atoms with Crippen molar-refractivity contribution < 1.29 is 9.53 Å².